The van der Waals surface area contributed by atoms with Crippen LogP contribution in [0.15, 0.2) is 18.2 Å². The van der Waals surface area contributed by atoms with E-state index in [0.717, 1.165) is 12.0 Å². The Kier molecular flexibility index (Phi) is 3.02. The molecule has 88 valence electrons. The molecule has 1 N–H and O–H groups in total. The van der Waals surface area contributed by atoms with E-state index in [9.17, 15) is 4.39 Å². The van der Waals surface area contributed by atoms with Crippen molar-refractivity contribution in [2.24, 2.45) is 5.41 Å². The fourth-order valence-corrected chi connectivity index (χ4v) is 2.35. The van der Waals surface area contributed by atoms with E-state index >= 15 is 0 Å². The Labute approximate surface area is 97.1 Å². The second-order valence-electron chi connectivity index (χ2n) is 5.27. The summed E-state index contributed by atoms with van der Waals surface area (Å²) in [7, 11) is 2.02. The van der Waals surface area contributed by atoms with Gasteiger partial charge in [0.15, 0.2) is 0 Å². The summed E-state index contributed by atoms with van der Waals surface area (Å²) in [5.41, 5.74) is 2.77. The summed E-state index contributed by atoms with van der Waals surface area (Å²) in [4.78, 5) is 0. The average Bonchev–Trinajstić information content (AvgIpc) is 2.96. The number of hydrogen-bond acceptors (Lipinski definition) is 1. The lowest BCUT2D eigenvalue weighted by molar-refractivity contribution is 0.375. The lowest BCUT2D eigenvalue weighted by atomic mass is 9.91. The molecule has 1 saturated carbocycles. The smallest absolute Gasteiger partial charge is 0.123 e. The SMILES string of the molecule is CNC(Cc1ccc(F)cc1C)C1(C)CC1. The van der Waals surface area contributed by atoms with E-state index in [1.165, 1.54) is 18.4 Å². The highest BCUT2D eigenvalue weighted by atomic mass is 19.1. The molecular formula is C14H20FN. The third-order valence-corrected chi connectivity index (χ3v) is 3.96. The number of benzene rings is 1. The summed E-state index contributed by atoms with van der Waals surface area (Å²) in [5, 5.41) is 3.40. The van der Waals surface area contributed by atoms with Crippen LogP contribution < -0.4 is 5.32 Å². The number of nitrogens with one attached hydrogen (secondary N) is 1. The largest absolute Gasteiger partial charge is 0.316 e. The first-order chi connectivity index (χ1) is 7.55. The molecule has 1 aromatic rings. The van der Waals surface area contributed by atoms with Gasteiger partial charge in [-0.2, -0.15) is 0 Å². The van der Waals surface area contributed by atoms with Gasteiger partial charge in [-0.25, -0.2) is 4.39 Å². The van der Waals surface area contributed by atoms with Gasteiger partial charge < -0.3 is 5.32 Å². The normalized spacial score (nSPS) is 19.5. The van der Waals surface area contributed by atoms with Gasteiger partial charge in [0.25, 0.3) is 0 Å². The maximum absolute atomic E-state index is 13.0. The molecule has 0 aromatic heterocycles. The van der Waals surface area contributed by atoms with Gasteiger partial charge in [0.1, 0.15) is 5.82 Å². The Bertz CT molecular complexity index is 382. The van der Waals surface area contributed by atoms with Gasteiger partial charge in [-0.1, -0.05) is 13.0 Å². The monoisotopic (exact) mass is 221 g/mol. The van der Waals surface area contributed by atoms with Gasteiger partial charge in [-0.3, -0.25) is 0 Å². The van der Waals surface area contributed by atoms with E-state index in [1.807, 2.05) is 20.0 Å². The second-order valence-corrected chi connectivity index (χ2v) is 5.27. The lowest BCUT2D eigenvalue weighted by Gasteiger charge is -2.23. The molecule has 2 heteroatoms. The van der Waals surface area contributed by atoms with E-state index < -0.39 is 0 Å². The Hall–Kier alpha value is -0.890. The minimum Gasteiger partial charge on any atom is -0.316 e. The van der Waals surface area contributed by atoms with Crippen molar-refractivity contribution in [1.29, 1.82) is 0 Å². The van der Waals surface area contributed by atoms with Crippen LogP contribution in [0.3, 0.4) is 0 Å². The zero-order valence-electron chi connectivity index (χ0n) is 10.3. The molecule has 1 atom stereocenters. The Morgan fingerprint density at radius 2 is 2.12 bits per heavy atom. The Morgan fingerprint density at radius 1 is 1.44 bits per heavy atom. The minimum atomic E-state index is -0.139. The zero-order valence-corrected chi connectivity index (χ0v) is 10.3. The molecule has 1 aromatic carbocycles. The van der Waals surface area contributed by atoms with Crippen molar-refractivity contribution in [3.05, 3.63) is 35.1 Å². The van der Waals surface area contributed by atoms with Crippen LogP contribution >= 0.6 is 0 Å². The fourth-order valence-electron chi connectivity index (χ4n) is 2.35. The molecular weight excluding hydrogens is 201 g/mol. The van der Waals surface area contributed by atoms with Gasteiger partial charge in [0.2, 0.25) is 0 Å². The molecule has 1 nitrogen and oxygen atoms in total. The first-order valence-electron chi connectivity index (χ1n) is 5.97. The van der Waals surface area contributed by atoms with Gasteiger partial charge in [-0.15, -0.1) is 0 Å². The summed E-state index contributed by atoms with van der Waals surface area (Å²) < 4.78 is 13.0. The van der Waals surface area contributed by atoms with Crippen LogP contribution in [0.1, 0.15) is 30.9 Å². The lowest BCUT2D eigenvalue weighted by Crippen LogP contribution is -2.35. The second kappa shape index (κ2) is 4.17. The quantitative estimate of drug-likeness (QED) is 0.824. The Balaban J connectivity index is 2.13. The van der Waals surface area contributed by atoms with Crippen molar-refractivity contribution in [2.45, 2.75) is 39.2 Å². The molecule has 0 aliphatic heterocycles. The molecule has 0 spiro atoms. The van der Waals surface area contributed by atoms with E-state index in [-0.39, 0.29) is 5.82 Å². The topological polar surface area (TPSA) is 12.0 Å². The molecule has 1 unspecified atom stereocenters. The molecule has 0 bridgehead atoms. The number of halogens is 1. The van der Waals surface area contributed by atoms with Crippen molar-refractivity contribution >= 4 is 0 Å². The van der Waals surface area contributed by atoms with E-state index in [2.05, 4.69) is 12.2 Å². The standard InChI is InChI=1S/C14H20FN/c1-10-8-12(15)5-4-11(10)9-13(16-3)14(2)6-7-14/h4-5,8,13,16H,6-7,9H2,1-3H3. The van der Waals surface area contributed by atoms with Crippen LogP contribution in [0.5, 0.6) is 0 Å². The third kappa shape index (κ3) is 2.27. The van der Waals surface area contributed by atoms with E-state index in [1.54, 1.807) is 12.1 Å². The number of hydrogen-bond donors (Lipinski definition) is 1. The summed E-state index contributed by atoms with van der Waals surface area (Å²) in [6, 6.07) is 5.61. The van der Waals surface area contributed by atoms with Crippen molar-refractivity contribution in [3.8, 4) is 0 Å². The van der Waals surface area contributed by atoms with E-state index in [4.69, 9.17) is 0 Å². The van der Waals surface area contributed by atoms with Crippen LogP contribution in [0, 0.1) is 18.2 Å². The first kappa shape index (κ1) is 11.6. The summed E-state index contributed by atoms with van der Waals surface area (Å²) in [5.74, 6) is -0.139. The maximum atomic E-state index is 13.0. The highest BCUT2D eigenvalue weighted by Crippen LogP contribution is 2.48. The van der Waals surface area contributed by atoms with Crippen molar-refractivity contribution in [1.82, 2.24) is 5.32 Å². The highest BCUT2D eigenvalue weighted by Gasteiger charge is 2.43. The van der Waals surface area contributed by atoms with Gasteiger partial charge in [-0.05, 0) is 61.9 Å². The number of rotatable bonds is 4. The highest BCUT2D eigenvalue weighted by molar-refractivity contribution is 5.28. The van der Waals surface area contributed by atoms with Crippen LogP contribution in [-0.2, 0) is 6.42 Å². The molecule has 1 aliphatic carbocycles. The average molecular weight is 221 g/mol. The summed E-state index contributed by atoms with van der Waals surface area (Å²) >= 11 is 0. The van der Waals surface area contributed by atoms with Gasteiger partial charge in [0, 0.05) is 6.04 Å². The maximum Gasteiger partial charge on any atom is 0.123 e. The van der Waals surface area contributed by atoms with Crippen LogP contribution in [-0.4, -0.2) is 13.1 Å². The third-order valence-electron chi connectivity index (χ3n) is 3.96. The molecule has 0 heterocycles. The molecule has 0 radical (unpaired) electrons. The van der Waals surface area contributed by atoms with Crippen molar-refractivity contribution < 1.29 is 4.39 Å². The molecule has 1 fully saturated rings. The Morgan fingerprint density at radius 3 is 2.62 bits per heavy atom. The van der Waals surface area contributed by atoms with Crippen LogP contribution in [0.25, 0.3) is 0 Å². The predicted molar refractivity (Wildman–Crippen MR) is 65.0 cm³/mol. The molecule has 1 aliphatic rings. The first-order valence-corrected chi connectivity index (χ1v) is 5.97. The number of aryl methyl sites for hydroxylation is 1. The molecule has 16 heavy (non-hydrogen) atoms. The van der Waals surface area contributed by atoms with Crippen molar-refractivity contribution in [3.63, 3.8) is 0 Å². The van der Waals surface area contributed by atoms with Crippen LogP contribution in [0.4, 0.5) is 4.39 Å². The zero-order chi connectivity index (χ0) is 11.8. The molecule has 0 amide bonds. The van der Waals surface area contributed by atoms with Crippen LogP contribution in [0.2, 0.25) is 0 Å². The van der Waals surface area contributed by atoms with Gasteiger partial charge >= 0.3 is 0 Å². The molecule has 0 saturated heterocycles. The minimum absolute atomic E-state index is 0.139. The summed E-state index contributed by atoms with van der Waals surface area (Å²) in [6.45, 7) is 4.31. The summed E-state index contributed by atoms with van der Waals surface area (Å²) in [6.07, 6.45) is 3.61. The fraction of sp³-hybridized carbons (Fsp3) is 0.571. The molecule has 2 rings (SSSR count). The number of likely N-dealkylation sites (N-methyl/N-ethyl adjacent to an activating group) is 1. The predicted octanol–water partition coefficient (Wildman–Crippen LogP) is 3.06. The van der Waals surface area contributed by atoms with Crippen molar-refractivity contribution in [2.75, 3.05) is 7.05 Å². The van der Waals surface area contributed by atoms with E-state index in [0.29, 0.717) is 11.5 Å². The van der Waals surface area contributed by atoms with Gasteiger partial charge in [0.05, 0.1) is 0 Å².